The molecule has 0 aliphatic heterocycles. The van der Waals surface area contributed by atoms with E-state index in [-0.39, 0.29) is 62.7 Å². The van der Waals surface area contributed by atoms with E-state index in [0.717, 1.165) is 0 Å². The van der Waals surface area contributed by atoms with Crippen LogP contribution >= 0.6 is 0 Å². The number of Topliss-reactive ketones (excluding diaryl/α,β-unsaturated/α-hetero) is 2. The van der Waals surface area contributed by atoms with Gasteiger partial charge in [-0.05, 0) is 19.8 Å². The molecule has 0 unspecified atom stereocenters. The Hall–Kier alpha value is -2.45. The summed E-state index contributed by atoms with van der Waals surface area (Å²) in [5.41, 5.74) is 4.72. The van der Waals surface area contributed by atoms with Crippen LogP contribution < -0.4 is 16.4 Å². The number of rotatable bonds is 25. The van der Waals surface area contributed by atoms with Crippen LogP contribution in [0.5, 0.6) is 0 Å². The van der Waals surface area contributed by atoms with Crippen molar-refractivity contribution >= 4 is 29.3 Å². The predicted octanol–water partition coefficient (Wildman–Crippen LogP) is 0.148. The molecule has 0 aromatic carbocycles. The number of nitrogens with two attached hydrogens (primary N) is 1. The van der Waals surface area contributed by atoms with Gasteiger partial charge in [0, 0.05) is 44.4 Å². The van der Waals surface area contributed by atoms with Crippen LogP contribution in [0.25, 0.3) is 0 Å². The smallest absolute Gasteiger partial charge is 0.246 e. The van der Waals surface area contributed by atoms with Gasteiger partial charge in [-0.25, -0.2) is 0 Å². The van der Waals surface area contributed by atoms with E-state index in [9.17, 15) is 29.1 Å². The van der Waals surface area contributed by atoms with Gasteiger partial charge >= 0.3 is 0 Å². The number of aliphatic hydroxyl groups excluding tert-OH is 1. The molecule has 0 rings (SSSR count). The molecule has 3 amide bonds. The minimum atomic E-state index is -1.07. The molecule has 238 valence electrons. The summed E-state index contributed by atoms with van der Waals surface area (Å²) in [6.45, 7) is 8.83. The van der Waals surface area contributed by atoms with Gasteiger partial charge in [-0.1, -0.05) is 27.2 Å². The molecule has 0 saturated carbocycles. The fraction of sp³-hybridized carbons (Fsp3) is 0.821. The first-order valence-corrected chi connectivity index (χ1v) is 14.1. The average Bonchev–Trinajstić information content (AvgIpc) is 2.89. The lowest BCUT2D eigenvalue weighted by atomic mass is 9.80. The molecule has 0 aromatic rings. The van der Waals surface area contributed by atoms with Gasteiger partial charge in [0.25, 0.3) is 0 Å². The van der Waals surface area contributed by atoms with Gasteiger partial charge in [0.15, 0.2) is 0 Å². The molecule has 0 aromatic heterocycles. The summed E-state index contributed by atoms with van der Waals surface area (Å²) < 4.78 is 20.5. The lowest BCUT2D eigenvalue weighted by Crippen LogP contribution is -2.36. The first-order valence-electron chi connectivity index (χ1n) is 14.1. The minimum Gasteiger partial charge on any atom is -0.393 e. The number of hydrogen-bond acceptors (Lipinski definition) is 10. The number of carbonyl (C=O) groups excluding carboxylic acids is 5. The quantitative estimate of drug-likeness (QED) is 0.107. The fourth-order valence-corrected chi connectivity index (χ4v) is 3.60. The first kappa shape index (κ1) is 38.5. The van der Waals surface area contributed by atoms with Crippen LogP contribution in [0.15, 0.2) is 0 Å². The second kappa shape index (κ2) is 22.2. The highest BCUT2D eigenvalue weighted by Gasteiger charge is 2.31. The van der Waals surface area contributed by atoms with Gasteiger partial charge in [0.2, 0.25) is 17.7 Å². The third kappa shape index (κ3) is 20.1. The predicted molar refractivity (Wildman–Crippen MR) is 151 cm³/mol. The van der Waals surface area contributed by atoms with Crippen molar-refractivity contribution in [2.24, 2.45) is 23.0 Å². The van der Waals surface area contributed by atoms with Crippen molar-refractivity contribution in [1.29, 1.82) is 0 Å². The zero-order chi connectivity index (χ0) is 31.3. The Morgan fingerprint density at radius 2 is 1.37 bits per heavy atom. The third-order valence-electron chi connectivity index (χ3n) is 6.23. The van der Waals surface area contributed by atoms with Crippen LogP contribution in [-0.4, -0.2) is 107 Å². The van der Waals surface area contributed by atoms with Crippen LogP contribution in [0.3, 0.4) is 0 Å². The molecule has 0 radical (unpaired) electrons. The summed E-state index contributed by atoms with van der Waals surface area (Å²) in [6, 6.07) is 0. The topological polar surface area (TPSA) is 193 Å². The number of primary amides is 1. The molecule has 13 nitrogen and oxygen atoms in total. The van der Waals surface area contributed by atoms with E-state index >= 15 is 0 Å². The highest BCUT2D eigenvalue weighted by molar-refractivity contribution is 5.92. The molecule has 0 bridgehead atoms. The lowest BCUT2D eigenvalue weighted by Gasteiger charge is -2.23. The maximum Gasteiger partial charge on any atom is 0.246 e. The molecular weight excluding hydrogens is 538 g/mol. The molecule has 13 heteroatoms. The Morgan fingerprint density at radius 1 is 0.805 bits per heavy atom. The van der Waals surface area contributed by atoms with E-state index in [0.29, 0.717) is 52.2 Å². The molecule has 0 fully saturated rings. The Balaban J connectivity index is 4.20. The van der Waals surface area contributed by atoms with Crippen LogP contribution in [0.1, 0.15) is 59.8 Å². The van der Waals surface area contributed by atoms with Gasteiger partial charge in [0.05, 0.1) is 45.1 Å². The van der Waals surface area contributed by atoms with Crippen molar-refractivity contribution in [3.05, 3.63) is 0 Å². The fourth-order valence-electron chi connectivity index (χ4n) is 3.60. The van der Waals surface area contributed by atoms with Gasteiger partial charge < -0.3 is 40.4 Å². The van der Waals surface area contributed by atoms with Crippen molar-refractivity contribution in [3.63, 3.8) is 0 Å². The van der Waals surface area contributed by atoms with Gasteiger partial charge in [-0.2, -0.15) is 0 Å². The van der Waals surface area contributed by atoms with E-state index in [1.807, 2.05) is 0 Å². The summed E-state index contributed by atoms with van der Waals surface area (Å²) in [7, 11) is 1.55. The number of ketones is 2. The number of methoxy groups -OCH3 is 1. The van der Waals surface area contributed by atoms with Gasteiger partial charge in [-0.15, -0.1) is 0 Å². The third-order valence-corrected chi connectivity index (χ3v) is 6.23. The maximum absolute atomic E-state index is 12.9. The first-order chi connectivity index (χ1) is 19.3. The highest BCUT2D eigenvalue weighted by atomic mass is 16.5. The Bertz CT molecular complexity index is 798. The molecule has 0 spiro atoms. The van der Waals surface area contributed by atoms with Gasteiger partial charge in [0.1, 0.15) is 24.8 Å². The normalized spacial score (nSPS) is 13.7. The molecule has 5 N–H and O–H groups in total. The van der Waals surface area contributed by atoms with E-state index < -0.39 is 29.3 Å². The Labute approximate surface area is 243 Å². The standard InChI is InChI=1S/C28H51N3O10/c1-20(32)22(27(29)37)17-23(33)21(16-24(34)28(2,3)4)8-6-7-9-30-25(35)18-41-15-14-39-11-10-31-26(36)19-40-13-12-38-5/h20-22,32H,6-19H2,1-5H3,(H2,29,37)(H,30,35)(H,31,36)/t20-,21-,22+/m1/s1. The molecule has 3 atom stereocenters. The molecule has 0 aliphatic carbocycles. The monoisotopic (exact) mass is 589 g/mol. The number of hydrogen-bond donors (Lipinski definition) is 4. The Kier molecular flexibility index (Phi) is 20.9. The molecule has 41 heavy (non-hydrogen) atoms. The van der Waals surface area contributed by atoms with E-state index in [1.165, 1.54) is 6.92 Å². The summed E-state index contributed by atoms with van der Waals surface area (Å²) in [4.78, 5) is 60.6. The zero-order valence-corrected chi connectivity index (χ0v) is 25.3. The van der Waals surface area contributed by atoms with Crippen molar-refractivity contribution in [3.8, 4) is 0 Å². The number of unbranched alkanes of at least 4 members (excludes halogenated alkanes) is 1. The lowest BCUT2D eigenvalue weighted by molar-refractivity contribution is -0.135. The van der Waals surface area contributed by atoms with Crippen molar-refractivity contribution in [1.82, 2.24) is 10.6 Å². The maximum atomic E-state index is 12.9. The molecule has 0 aliphatic rings. The van der Waals surface area contributed by atoms with Crippen LogP contribution in [0.4, 0.5) is 0 Å². The van der Waals surface area contributed by atoms with E-state index in [1.54, 1.807) is 27.9 Å². The van der Waals surface area contributed by atoms with Crippen molar-refractivity contribution in [2.45, 2.75) is 65.9 Å². The Morgan fingerprint density at radius 3 is 1.90 bits per heavy atom. The molecular formula is C28H51N3O10. The van der Waals surface area contributed by atoms with Crippen molar-refractivity contribution < 1.29 is 48.0 Å². The highest BCUT2D eigenvalue weighted by Crippen LogP contribution is 2.25. The van der Waals surface area contributed by atoms with Crippen molar-refractivity contribution in [2.75, 3.05) is 66.4 Å². The number of aliphatic hydroxyl groups is 1. The number of carbonyl (C=O) groups is 5. The van der Waals surface area contributed by atoms with E-state index in [4.69, 9.17) is 24.7 Å². The van der Waals surface area contributed by atoms with Crippen LogP contribution in [0, 0.1) is 17.3 Å². The zero-order valence-electron chi connectivity index (χ0n) is 25.3. The number of ether oxygens (including phenoxy) is 4. The second-order valence-electron chi connectivity index (χ2n) is 10.9. The summed E-state index contributed by atoms with van der Waals surface area (Å²) in [6.07, 6.45) is 0.341. The number of nitrogens with one attached hydrogen (secondary N) is 2. The van der Waals surface area contributed by atoms with E-state index in [2.05, 4.69) is 10.6 Å². The molecule has 0 saturated heterocycles. The average molecular weight is 590 g/mol. The minimum absolute atomic E-state index is 0.0431. The summed E-state index contributed by atoms with van der Waals surface area (Å²) in [5, 5.41) is 15.2. The largest absolute Gasteiger partial charge is 0.393 e. The SMILES string of the molecule is COCCOCC(=O)NCCOCCOCC(=O)NCCCC[C@H](CC(=O)C(C)(C)C)C(=O)C[C@H](C(N)=O)[C@@H](C)O. The number of amides is 3. The van der Waals surface area contributed by atoms with Crippen LogP contribution in [-0.2, 0) is 42.9 Å². The van der Waals surface area contributed by atoms with Gasteiger partial charge in [-0.3, -0.25) is 24.0 Å². The molecule has 0 heterocycles. The second-order valence-corrected chi connectivity index (χ2v) is 10.9. The summed E-state index contributed by atoms with van der Waals surface area (Å²) in [5.74, 6) is -3.23. The summed E-state index contributed by atoms with van der Waals surface area (Å²) >= 11 is 0. The van der Waals surface area contributed by atoms with Crippen LogP contribution in [0.2, 0.25) is 0 Å².